The van der Waals surface area contributed by atoms with Crippen LogP contribution < -0.4 is 0 Å². The molecule has 3 nitrogen and oxygen atoms in total. The lowest BCUT2D eigenvalue weighted by atomic mass is 10.1. The summed E-state index contributed by atoms with van der Waals surface area (Å²) in [5.41, 5.74) is 0.0826. The van der Waals surface area contributed by atoms with E-state index < -0.39 is 5.60 Å². The number of benzene rings is 1. The van der Waals surface area contributed by atoms with Crippen LogP contribution in [0.2, 0.25) is 0 Å². The first-order chi connectivity index (χ1) is 8.05. The Labute approximate surface area is 103 Å². The first kappa shape index (κ1) is 13.7. The van der Waals surface area contributed by atoms with Crippen LogP contribution in [-0.2, 0) is 9.47 Å². The van der Waals surface area contributed by atoms with Gasteiger partial charge in [-0.25, -0.2) is 4.79 Å². The molecule has 0 radical (unpaired) electrons. The third kappa shape index (κ3) is 5.00. The summed E-state index contributed by atoms with van der Waals surface area (Å²) in [6.45, 7) is 7.02. The van der Waals surface area contributed by atoms with E-state index in [2.05, 4.69) is 0 Å². The highest BCUT2D eigenvalue weighted by molar-refractivity contribution is 5.89. The minimum Gasteiger partial charge on any atom is -0.456 e. The van der Waals surface area contributed by atoms with Crippen LogP contribution in [0.25, 0.3) is 0 Å². The molecule has 17 heavy (non-hydrogen) atoms. The van der Waals surface area contributed by atoms with E-state index in [-0.39, 0.29) is 5.97 Å². The quantitative estimate of drug-likeness (QED) is 0.562. The van der Waals surface area contributed by atoms with E-state index in [1.54, 1.807) is 12.1 Å². The highest BCUT2D eigenvalue weighted by atomic mass is 16.6. The second kappa shape index (κ2) is 6.40. The van der Waals surface area contributed by atoms with Crippen LogP contribution in [0.1, 0.15) is 37.6 Å². The molecule has 0 fully saturated rings. The Morgan fingerprint density at radius 2 is 1.88 bits per heavy atom. The van der Waals surface area contributed by atoms with Gasteiger partial charge in [0, 0.05) is 13.0 Å². The summed E-state index contributed by atoms with van der Waals surface area (Å²) in [4.78, 5) is 11.8. The number of hydrogen-bond donors (Lipinski definition) is 0. The number of ether oxygens (including phenoxy) is 2. The van der Waals surface area contributed by atoms with Crippen molar-refractivity contribution in [3.05, 3.63) is 35.9 Å². The molecular weight excluding hydrogens is 216 g/mol. The van der Waals surface area contributed by atoms with Gasteiger partial charge in [-0.3, -0.25) is 0 Å². The van der Waals surface area contributed by atoms with Crippen LogP contribution in [0.4, 0.5) is 0 Å². The van der Waals surface area contributed by atoms with Crippen LogP contribution in [0, 0.1) is 0 Å². The standard InChI is InChI=1S/C14H20O3/c1-4-16-11-10-14(2,3)17-13(15)12-8-6-5-7-9-12/h5-9H,4,10-11H2,1-3H3. The van der Waals surface area contributed by atoms with Gasteiger partial charge in [-0.1, -0.05) is 18.2 Å². The molecule has 0 amide bonds. The van der Waals surface area contributed by atoms with E-state index in [9.17, 15) is 4.79 Å². The molecule has 1 aromatic rings. The van der Waals surface area contributed by atoms with E-state index in [1.807, 2.05) is 39.0 Å². The molecule has 0 spiro atoms. The Hall–Kier alpha value is -1.35. The van der Waals surface area contributed by atoms with Crippen molar-refractivity contribution in [3.63, 3.8) is 0 Å². The van der Waals surface area contributed by atoms with E-state index >= 15 is 0 Å². The third-order valence-corrected chi connectivity index (χ3v) is 2.43. The first-order valence-corrected chi connectivity index (χ1v) is 5.91. The maximum absolute atomic E-state index is 11.8. The molecule has 0 N–H and O–H groups in total. The summed E-state index contributed by atoms with van der Waals surface area (Å²) in [5.74, 6) is -0.285. The molecule has 3 heteroatoms. The van der Waals surface area contributed by atoms with Crippen molar-refractivity contribution < 1.29 is 14.3 Å². The Balaban J connectivity index is 2.50. The Morgan fingerprint density at radius 3 is 2.47 bits per heavy atom. The average molecular weight is 236 g/mol. The second-order valence-corrected chi connectivity index (χ2v) is 4.46. The molecule has 0 saturated heterocycles. The predicted octanol–water partition coefficient (Wildman–Crippen LogP) is 3.05. The van der Waals surface area contributed by atoms with E-state index in [1.165, 1.54) is 0 Å². The summed E-state index contributed by atoms with van der Waals surface area (Å²) >= 11 is 0. The largest absolute Gasteiger partial charge is 0.456 e. The van der Waals surface area contributed by atoms with Gasteiger partial charge in [-0.2, -0.15) is 0 Å². The number of rotatable bonds is 6. The van der Waals surface area contributed by atoms with Crippen molar-refractivity contribution in [2.75, 3.05) is 13.2 Å². The number of esters is 1. The van der Waals surface area contributed by atoms with Gasteiger partial charge in [0.05, 0.1) is 12.2 Å². The Morgan fingerprint density at radius 1 is 1.24 bits per heavy atom. The highest BCUT2D eigenvalue weighted by Gasteiger charge is 2.23. The summed E-state index contributed by atoms with van der Waals surface area (Å²) < 4.78 is 10.7. The van der Waals surface area contributed by atoms with Crippen LogP contribution in [0.3, 0.4) is 0 Å². The predicted molar refractivity (Wildman–Crippen MR) is 67.0 cm³/mol. The number of carbonyl (C=O) groups excluding carboxylic acids is 1. The smallest absolute Gasteiger partial charge is 0.338 e. The second-order valence-electron chi connectivity index (χ2n) is 4.46. The zero-order valence-corrected chi connectivity index (χ0v) is 10.7. The van der Waals surface area contributed by atoms with Crippen molar-refractivity contribution in [1.29, 1.82) is 0 Å². The fourth-order valence-electron chi connectivity index (χ4n) is 1.40. The maximum atomic E-state index is 11.8. The van der Waals surface area contributed by atoms with Gasteiger partial charge >= 0.3 is 5.97 Å². The molecule has 0 aliphatic heterocycles. The zero-order chi connectivity index (χ0) is 12.7. The molecule has 0 bridgehead atoms. The van der Waals surface area contributed by atoms with Crippen LogP contribution in [0.15, 0.2) is 30.3 Å². The summed E-state index contributed by atoms with van der Waals surface area (Å²) in [6, 6.07) is 9.02. The van der Waals surface area contributed by atoms with E-state index in [0.29, 0.717) is 25.2 Å². The molecule has 0 unspecified atom stereocenters. The molecule has 1 aromatic carbocycles. The number of hydrogen-bond acceptors (Lipinski definition) is 3. The van der Waals surface area contributed by atoms with Crippen molar-refractivity contribution in [1.82, 2.24) is 0 Å². The first-order valence-electron chi connectivity index (χ1n) is 5.91. The molecule has 0 aromatic heterocycles. The third-order valence-electron chi connectivity index (χ3n) is 2.43. The van der Waals surface area contributed by atoms with Gasteiger partial charge in [-0.15, -0.1) is 0 Å². The van der Waals surface area contributed by atoms with Crippen LogP contribution >= 0.6 is 0 Å². The maximum Gasteiger partial charge on any atom is 0.338 e. The topological polar surface area (TPSA) is 35.5 Å². The molecule has 1 rings (SSSR count). The van der Waals surface area contributed by atoms with Crippen molar-refractivity contribution in [2.45, 2.75) is 32.8 Å². The molecular formula is C14H20O3. The van der Waals surface area contributed by atoms with Crippen LogP contribution in [-0.4, -0.2) is 24.8 Å². The summed E-state index contributed by atoms with van der Waals surface area (Å²) in [7, 11) is 0. The van der Waals surface area contributed by atoms with Gasteiger partial charge in [0.2, 0.25) is 0 Å². The fraction of sp³-hybridized carbons (Fsp3) is 0.500. The van der Waals surface area contributed by atoms with Crippen LogP contribution in [0.5, 0.6) is 0 Å². The molecule has 0 heterocycles. The van der Waals surface area contributed by atoms with Gasteiger partial charge < -0.3 is 9.47 Å². The molecule has 0 aliphatic carbocycles. The average Bonchev–Trinajstić information content (AvgIpc) is 2.30. The van der Waals surface area contributed by atoms with Crippen molar-refractivity contribution in [2.24, 2.45) is 0 Å². The lowest BCUT2D eigenvalue weighted by Crippen LogP contribution is -2.29. The van der Waals surface area contributed by atoms with Crippen molar-refractivity contribution >= 4 is 5.97 Å². The molecule has 0 atom stereocenters. The Kier molecular flexibility index (Phi) is 5.16. The minimum absolute atomic E-state index is 0.285. The van der Waals surface area contributed by atoms with Gasteiger partial charge in [0.1, 0.15) is 5.60 Å². The fourth-order valence-corrected chi connectivity index (χ4v) is 1.40. The van der Waals surface area contributed by atoms with Gasteiger partial charge in [-0.05, 0) is 32.9 Å². The Bertz CT molecular complexity index is 344. The lowest BCUT2D eigenvalue weighted by molar-refractivity contribution is -0.0166. The summed E-state index contributed by atoms with van der Waals surface area (Å²) in [5, 5.41) is 0. The SMILES string of the molecule is CCOCCC(C)(C)OC(=O)c1ccccc1. The molecule has 94 valence electrons. The van der Waals surface area contributed by atoms with E-state index in [0.717, 1.165) is 0 Å². The normalized spacial score (nSPS) is 11.2. The zero-order valence-electron chi connectivity index (χ0n) is 10.7. The lowest BCUT2D eigenvalue weighted by Gasteiger charge is -2.25. The highest BCUT2D eigenvalue weighted by Crippen LogP contribution is 2.17. The molecule has 0 saturated carbocycles. The van der Waals surface area contributed by atoms with Gasteiger partial charge in [0.15, 0.2) is 0 Å². The summed E-state index contributed by atoms with van der Waals surface area (Å²) in [6.07, 6.45) is 0.694. The van der Waals surface area contributed by atoms with Gasteiger partial charge in [0.25, 0.3) is 0 Å². The van der Waals surface area contributed by atoms with Crippen molar-refractivity contribution in [3.8, 4) is 0 Å². The monoisotopic (exact) mass is 236 g/mol. The number of carbonyl (C=O) groups is 1. The minimum atomic E-state index is -0.498. The molecule has 0 aliphatic rings. The van der Waals surface area contributed by atoms with E-state index in [4.69, 9.17) is 9.47 Å².